The molecule has 0 aromatic carbocycles. The van der Waals surface area contributed by atoms with Crippen LogP contribution in [0, 0.1) is 0 Å². The maximum atomic E-state index is 11.8. The number of likely N-dealkylation sites (tertiary alicyclic amines) is 1. The van der Waals surface area contributed by atoms with Crippen LogP contribution in [-0.2, 0) is 16.1 Å². The Hall–Kier alpha value is -0.720. The van der Waals surface area contributed by atoms with Crippen LogP contribution in [0.5, 0.6) is 0 Å². The maximum absolute atomic E-state index is 11.8. The van der Waals surface area contributed by atoms with E-state index in [0.717, 1.165) is 25.3 Å². The van der Waals surface area contributed by atoms with Crippen LogP contribution in [-0.4, -0.2) is 57.5 Å². The Labute approximate surface area is 134 Å². The Morgan fingerprint density at radius 3 is 3.00 bits per heavy atom. The minimum absolute atomic E-state index is 0.261. The summed E-state index contributed by atoms with van der Waals surface area (Å²) >= 11 is 3.57. The summed E-state index contributed by atoms with van der Waals surface area (Å²) in [6, 6.07) is 3.98. The Kier molecular flexibility index (Phi) is 4.76. The second-order valence-corrected chi connectivity index (χ2v) is 8.02. The third kappa shape index (κ3) is 3.55. The quantitative estimate of drug-likeness (QED) is 0.829. The first-order valence-corrected chi connectivity index (χ1v) is 9.50. The summed E-state index contributed by atoms with van der Waals surface area (Å²) in [5, 5.41) is 0. The van der Waals surface area contributed by atoms with Gasteiger partial charge in [0.15, 0.2) is 0 Å². The van der Waals surface area contributed by atoms with E-state index in [0.29, 0.717) is 18.5 Å². The van der Waals surface area contributed by atoms with E-state index < -0.39 is 0 Å². The lowest BCUT2D eigenvalue weighted by molar-refractivity contribution is -0.133. The smallest absolute Gasteiger partial charge is 0.232 e. The second kappa shape index (κ2) is 6.58. The SMILES string of the molecule is CSCC(=O)N1CC2(C[C@H](OCc3ccncc3)CS2)C1. The molecule has 4 nitrogen and oxygen atoms in total. The van der Waals surface area contributed by atoms with Gasteiger partial charge in [-0.3, -0.25) is 9.78 Å². The Morgan fingerprint density at radius 1 is 1.52 bits per heavy atom. The normalized spacial score (nSPS) is 23.3. The van der Waals surface area contributed by atoms with Gasteiger partial charge in [-0.25, -0.2) is 0 Å². The summed E-state index contributed by atoms with van der Waals surface area (Å²) in [6.45, 7) is 2.44. The fraction of sp³-hybridized carbons (Fsp3) is 0.600. The zero-order valence-corrected chi connectivity index (χ0v) is 13.8. The maximum Gasteiger partial charge on any atom is 0.232 e. The molecule has 2 aliphatic heterocycles. The highest BCUT2D eigenvalue weighted by molar-refractivity contribution is 8.01. The minimum Gasteiger partial charge on any atom is -0.373 e. The molecule has 0 radical (unpaired) electrons. The molecule has 2 aliphatic rings. The van der Waals surface area contributed by atoms with Crippen LogP contribution >= 0.6 is 23.5 Å². The highest BCUT2D eigenvalue weighted by Gasteiger charge is 2.50. The molecule has 0 saturated carbocycles. The van der Waals surface area contributed by atoms with Crippen molar-refractivity contribution in [3.05, 3.63) is 30.1 Å². The van der Waals surface area contributed by atoms with Crippen molar-refractivity contribution in [1.82, 2.24) is 9.88 Å². The minimum atomic E-state index is 0.261. The molecular weight excluding hydrogens is 304 g/mol. The van der Waals surface area contributed by atoms with Crippen LogP contribution < -0.4 is 0 Å². The van der Waals surface area contributed by atoms with Gasteiger partial charge >= 0.3 is 0 Å². The van der Waals surface area contributed by atoms with Crippen molar-refractivity contribution in [3.8, 4) is 0 Å². The van der Waals surface area contributed by atoms with Gasteiger partial charge in [-0.15, -0.1) is 11.8 Å². The van der Waals surface area contributed by atoms with Crippen LogP contribution in [0.15, 0.2) is 24.5 Å². The first kappa shape index (κ1) is 15.2. The molecule has 0 unspecified atom stereocenters. The number of aromatic nitrogens is 1. The standard InChI is InChI=1S/C15H20N2O2S2/c1-20-9-14(18)17-10-15(11-17)6-13(8-21-15)19-7-12-2-4-16-5-3-12/h2-5,13H,6-11H2,1H3/t13-/m0/s1. The van der Waals surface area contributed by atoms with Gasteiger partial charge in [-0.05, 0) is 30.4 Å². The predicted octanol–water partition coefficient (Wildman–Crippen LogP) is 2.05. The van der Waals surface area contributed by atoms with Crippen molar-refractivity contribution < 1.29 is 9.53 Å². The van der Waals surface area contributed by atoms with Crippen LogP contribution in [0.4, 0.5) is 0 Å². The Bertz CT molecular complexity index is 492. The molecule has 1 aromatic rings. The van der Waals surface area contributed by atoms with Crippen molar-refractivity contribution in [1.29, 1.82) is 0 Å². The van der Waals surface area contributed by atoms with Gasteiger partial charge in [-0.1, -0.05) is 0 Å². The number of thioether (sulfide) groups is 2. The molecule has 6 heteroatoms. The third-order valence-electron chi connectivity index (χ3n) is 3.99. The fourth-order valence-corrected chi connectivity index (χ4v) is 4.84. The van der Waals surface area contributed by atoms with E-state index in [1.165, 1.54) is 5.56 Å². The van der Waals surface area contributed by atoms with Gasteiger partial charge in [-0.2, -0.15) is 11.8 Å². The molecule has 1 atom stereocenters. The van der Waals surface area contributed by atoms with Crippen LogP contribution in [0.2, 0.25) is 0 Å². The molecule has 3 heterocycles. The number of nitrogens with zero attached hydrogens (tertiary/aromatic N) is 2. The van der Waals surface area contributed by atoms with Gasteiger partial charge in [0.05, 0.1) is 23.2 Å². The Balaban J connectivity index is 1.43. The molecule has 2 saturated heterocycles. The molecule has 21 heavy (non-hydrogen) atoms. The molecule has 2 fully saturated rings. The van der Waals surface area contributed by atoms with E-state index in [4.69, 9.17) is 4.74 Å². The Morgan fingerprint density at radius 2 is 2.29 bits per heavy atom. The van der Waals surface area contributed by atoms with Crippen molar-refractivity contribution >= 4 is 29.4 Å². The molecule has 1 amide bonds. The van der Waals surface area contributed by atoms with E-state index in [1.807, 2.05) is 35.1 Å². The van der Waals surface area contributed by atoms with E-state index in [2.05, 4.69) is 4.98 Å². The lowest BCUT2D eigenvalue weighted by Crippen LogP contribution is -2.61. The summed E-state index contributed by atoms with van der Waals surface area (Å²) in [6.07, 6.45) is 6.93. The van der Waals surface area contributed by atoms with Crippen molar-refractivity contribution in [2.45, 2.75) is 23.9 Å². The summed E-state index contributed by atoms with van der Waals surface area (Å²) in [5.74, 6) is 1.91. The number of hydrogen-bond donors (Lipinski definition) is 0. The third-order valence-corrected chi connectivity index (χ3v) is 6.10. The van der Waals surface area contributed by atoms with E-state index >= 15 is 0 Å². The lowest BCUT2D eigenvalue weighted by atomic mass is 9.93. The average Bonchev–Trinajstić information content (AvgIpc) is 2.89. The van der Waals surface area contributed by atoms with Crippen LogP contribution in [0.25, 0.3) is 0 Å². The van der Waals surface area contributed by atoms with Crippen molar-refractivity contribution in [2.24, 2.45) is 0 Å². The van der Waals surface area contributed by atoms with Crippen molar-refractivity contribution in [2.75, 3.05) is 30.9 Å². The molecule has 1 aromatic heterocycles. The summed E-state index contributed by atoms with van der Waals surface area (Å²) < 4.78 is 6.27. The number of carbonyl (C=O) groups excluding carboxylic acids is 1. The summed E-state index contributed by atoms with van der Waals surface area (Å²) in [4.78, 5) is 17.8. The second-order valence-electron chi connectivity index (χ2n) is 5.67. The van der Waals surface area contributed by atoms with E-state index in [9.17, 15) is 4.79 Å². The molecule has 0 N–H and O–H groups in total. The molecule has 3 rings (SSSR count). The van der Waals surface area contributed by atoms with E-state index in [1.54, 1.807) is 24.2 Å². The van der Waals surface area contributed by atoms with Crippen LogP contribution in [0.1, 0.15) is 12.0 Å². The van der Waals surface area contributed by atoms with Gasteiger partial charge < -0.3 is 9.64 Å². The van der Waals surface area contributed by atoms with E-state index in [-0.39, 0.29) is 10.7 Å². The number of ether oxygens (including phenoxy) is 1. The number of rotatable bonds is 5. The van der Waals surface area contributed by atoms with Gasteiger partial charge in [0.2, 0.25) is 5.91 Å². The summed E-state index contributed by atoms with van der Waals surface area (Å²) in [7, 11) is 0. The molecule has 1 spiro atoms. The lowest BCUT2D eigenvalue weighted by Gasteiger charge is -2.47. The molecule has 0 aliphatic carbocycles. The molecule has 0 bridgehead atoms. The largest absolute Gasteiger partial charge is 0.373 e. The van der Waals surface area contributed by atoms with Crippen molar-refractivity contribution in [3.63, 3.8) is 0 Å². The first-order chi connectivity index (χ1) is 10.2. The predicted molar refractivity (Wildman–Crippen MR) is 87.6 cm³/mol. The number of amides is 1. The highest BCUT2D eigenvalue weighted by Crippen LogP contribution is 2.46. The fourth-order valence-electron chi connectivity index (χ4n) is 2.86. The average molecular weight is 324 g/mol. The zero-order valence-electron chi connectivity index (χ0n) is 12.2. The molecule has 114 valence electrons. The highest BCUT2D eigenvalue weighted by atomic mass is 32.2. The topological polar surface area (TPSA) is 42.4 Å². The van der Waals surface area contributed by atoms with Crippen LogP contribution in [0.3, 0.4) is 0 Å². The van der Waals surface area contributed by atoms with Gasteiger partial charge in [0.25, 0.3) is 0 Å². The number of carbonyl (C=O) groups is 1. The number of hydrogen-bond acceptors (Lipinski definition) is 5. The molecular formula is C15H20N2O2S2. The monoisotopic (exact) mass is 324 g/mol. The zero-order chi connectivity index (χ0) is 14.7. The van der Waals surface area contributed by atoms with Gasteiger partial charge in [0, 0.05) is 31.2 Å². The summed E-state index contributed by atoms with van der Waals surface area (Å²) in [5.41, 5.74) is 1.17. The van der Waals surface area contributed by atoms with Gasteiger partial charge in [0.1, 0.15) is 0 Å². The number of pyridine rings is 1. The first-order valence-electron chi connectivity index (χ1n) is 7.12.